The predicted molar refractivity (Wildman–Crippen MR) is 182 cm³/mol. The topological polar surface area (TPSA) is 363 Å². The molecule has 0 aliphatic rings. The number of rotatable bonds is 28. The van der Waals surface area contributed by atoms with Gasteiger partial charge in [0, 0.05) is 51.7 Å². The largest absolute Gasteiger partial charge is 0.496 e. The van der Waals surface area contributed by atoms with E-state index in [0.29, 0.717) is 13.8 Å². The standard InChI is InChI=1S/C35H36O25/c1-15(41)56-29(24(32(47)48)11-54-13-39)26(46)7-20-22(9-37)28(60-34(51)31(58-17(3)43)30(33(49)50)57-16(2)42)21(8-36)19(27(20)52-5)6-25(45)23(10-53-12-38)35(55-14-40)59-18(4)44/h8-9,12-14,23-24,29-31,35H,6-7,10-11H2,1-5H3,(H,47,48)(H,49,50)/t23-,24+,29+,30+,31+,35+/m1/s1. The Balaban J connectivity index is 4.45. The number of carboxylic acids is 2. The van der Waals surface area contributed by atoms with Crippen LogP contribution in [0.4, 0.5) is 0 Å². The molecule has 0 fully saturated rings. The van der Waals surface area contributed by atoms with Crippen molar-refractivity contribution in [1.29, 1.82) is 0 Å². The average molecular weight is 857 g/mol. The third kappa shape index (κ3) is 14.1. The number of carbonyl (C=O) groups excluding carboxylic acids is 12. The van der Waals surface area contributed by atoms with Crippen LogP contribution in [0.3, 0.4) is 0 Å². The normalized spacial score (nSPS) is 13.3. The fourth-order valence-electron chi connectivity index (χ4n) is 5.25. The second kappa shape index (κ2) is 24.2. The first-order valence-electron chi connectivity index (χ1n) is 16.5. The number of aldehydes is 2. The highest BCUT2D eigenvalue weighted by Gasteiger charge is 2.44. The highest BCUT2D eigenvalue weighted by Crippen LogP contribution is 2.40. The average Bonchev–Trinajstić information content (AvgIpc) is 3.15. The van der Waals surface area contributed by atoms with Gasteiger partial charge >= 0.3 is 41.8 Å². The summed E-state index contributed by atoms with van der Waals surface area (Å²) in [4.78, 5) is 172. The molecule has 25 nitrogen and oxygen atoms in total. The van der Waals surface area contributed by atoms with E-state index < -0.39 is 150 Å². The van der Waals surface area contributed by atoms with Gasteiger partial charge in [0.1, 0.15) is 30.8 Å². The number of aliphatic carboxylic acids is 2. The Morgan fingerprint density at radius 3 is 1.40 bits per heavy atom. The minimum atomic E-state index is -2.70. The van der Waals surface area contributed by atoms with Crippen molar-refractivity contribution in [3.63, 3.8) is 0 Å². The molecule has 1 aromatic rings. The fourth-order valence-corrected chi connectivity index (χ4v) is 5.25. The van der Waals surface area contributed by atoms with Crippen molar-refractivity contribution >= 4 is 85.3 Å². The highest BCUT2D eigenvalue weighted by molar-refractivity contribution is 6.01. The smallest absolute Gasteiger partial charge is 0.357 e. The summed E-state index contributed by atoms with van der Waals surface area (Å²) in [6, 6.07) is 0. The molecular weight excluding hydrogens is 820 g/mol. The van der Waals surface area contributed by atoms with Crippen LogP contribution in [0, 0.1) is 11.8 Å². The molecule has 2 N–H and O–H groups in total. The molecule has 0 bridgehead atoms. The van der Waals surface area contributed by atoms with Crippen LogP contribution in [-0.2, 0) is 104 Å². The van der Waals surface area contributed by atoms with E-state index in [1.54, 1.807) is 0 Å². The van der Waals surface area contributed by atoms with Crippen LogP contribution in [0.25, 0.3) is 0 Å². The number of Topliss-reactive ketones (excluding diaryl/α,β-unsaturated/α-hetero) is 2. The lowest BCUT2D eigenvalue weighted by Crippen LogP contribution is -2.47. The van der Waals surface area contributed by atoms with E-state index >= 15 is 0 Å². The van der Waals surface area contributed by atoms with Crippen molar-refractivity contribution in [2.75, 3.05) is 20.3 Å². The first kappa shape index (κ1) is 50.4. The summed E-state index contributed by atoms with van der Waals surface area (Å²) < 4.78 is 43.5. The van der Waals surface area contributed by atoms with Gasteiger partial charge < -0.3 is 52.8 Å². The van der Waals surface area contributed by atoms with Gasteiger partial charge in [-0.3, -0.25) is 57.5 Å². The van der Waals surface area contributed by atoms with Crippen LogP contribution in [0.15, 0.2) is 0 Å². The minimum absolute atomic E-state index is 0.158. The zero-order valence-corrected chi connectivity index (χ0v) is 32.0. The number of hydrogen-bond donors (Lipinski definition) is 2. The van der Waals surface area contributed by atoms with E-state index in [1.165, 1.54) is 0 Å². The number of methoxy groups -OCH3 is 1. The summed E-state index contributed by atoms with van der Waals surface area (Å²) in [6.07, 6.45) is -12.6. The van der Waals surface area contributed by atoms with Gasteiger partial charge in [0.05, 0.1) is 18.2 Å². The van der Waals surface area contributed by atoms with Gasteiger partial charge in [-0.25, -0.2) is 9.59 Å². The van der Waals surface area contributed by atoms with Crippen molar-refractivity contribution in [2.24, 2.45) is 11.8 Å². The molecule has 0 spiro atoms. The molecule has 0 saturated carbocycles. The first-order chi connectivity index (χ1) is 28.2. The summed E-state index contributed by atoms with van der Waals surface area (Å²) in [6.45, 7) is 0.346. The third-order valence-electron chi connectivity index (χ3n) is 7.56. The monoisotopic (exact) mass is 856 g/mol. The molecule has 326 valence electrons. The quantitative estimate of drug-likeness (QED) is 0.0304. The van der Waals surface area contributed by atoms with Gasteiger partial charge in [0.15, 0.2) is 36.0 Å². The molecule has 0 amide bonds. The number of carboxylic acid groups (broad SMARTS) is 2. The molecule has 0 saturated heterocycles. The Hall–Kier alpha value is -7.60. The van der Waals surface area contributed by atoms with Crippen LogP contribution in [0.1, 0.15) is 59.5 Å². The molecule has 0 unspecified atom stereocenters. The van der Waals surface area contributed by atoms with Crippen LogP contribution in [0.2, 0.25) is 0 Å². The molecule has 25 heteroatoms. The number of benzene rings is 1. The Morgan fingerprint density at radius 2 is 1.00 bits per heavy atom. The predicted octanol–water partition coefficient (Wildman–Crippen LogP) is -1.95. The zero-order valence-electron chi connectivity index (χ0n) is 32.0. The van der Waals surface area contributed by atoms with Crippen LogP contribution in [0.5, 0.6) is 11.5 Å². The van der Waals surface area contributed by atoms with Crippen LogP contribution >= 0.6 is 0 Å². The van der Waals surface area contributed by atoms with Crippen molar-refractivity contribution in [1.82, 2.24) is 0 Å². The Labute approximate surface area is 336 Å². The van der Waals surface area contributed by atoms with Crippen molar-refractivity contribution in [3.05, 3.63) is 22.3 Å². The number of esters is 5. The molecule has 60 heavy (non-hydrogen) atoms. The van der Waals surface area contributed by atoms with Gasteiger partial charge in [0.25, 0.3) is 25.7 Å². The Bertz CT molecular complexity index is 1880. The molecule has 0 aromatic heterocycles. The second-order valence-corrected chi connectivity index (χ2v) is 11.6. The lowest BCUT2D eigenvalue weighted by Gasteiger charge is -2.26. The number of hydrogen-bond acceptors (Lipinski definition) is 23. The van der Waals surface area contributed by atoms with Crippen molar-refractivity contribution < 1.29 is 120 Å². The molecular formula is C35H36O25. The van der Waals surface area contributed by atoms with E-state index in [-0.39, 0.29) is 32.0 Å². The van der Waals surface area contributed by atoms with Gasteiger partial charge in [0.2, 0.25) is 12.2 Å². The van der Waals surface area contributed by atoms with E-state index in [0.717, 1.165) is 21.0 Å². The first-order valence-corrected chi connectivity index (χ1v) is 16.5. The maximum absolute atomic E-state index is 13.9. The van der Waals surface area contributed by atoms with Crippen molar-refractivity contribution in [2.45, 2.75) is 65.1 Å². The van der Waals surface area contributed by atoms with Crippen molar-refractivity contribution in [3.8, 4) is 11.5 Å². The molecule has 0 aliphatic heterocycles. The fraction of sp³-hybridized carbons (Fsp3) is 0.429. The molecule has 0 heterocycles. The Kier molecular flexibility index (Phi) is 20.4. The summed E-state index contributed by atoms with van der Waals surface area (Å²) >= 11 is 0. The summed E-state index contributed by atoms with van der Waals surface area (Å²) in [7, 11) is 0.852. The minimum Gasteiger partial charge on any atom is -0.496 e. The molecule has 0 aliphatic carbocycles. The SMILES string of the molecule is COc1c(CC(=O)[C@@H](COC=O)[C@@H](OC=O)OC(C)=O)c(C=O)c(OC(=O)[C@@H](OC(C)=O)[C@H](OC(C)=O)C(=O)O)c(C=O)c1CC(=O)[C@@H](OC(C)=O)[C@H](COC=O)C(=O)O. The van der Waals surface area contributed by atoms with Gasteiger partial charge in [-0.15, -0.1) is 0 Å². The summed E-state index contributed by atoms with van der Waals surface area (Å²) in [5, 5.41) is 19.5. The summed E-state index contributed by atoms with van der Waals surface area (Å²) in [5.41, 5.74) is -3.50. The number of carbonyl (C=O) groups is 14. The number of ketones is 2. The molecule has 6 atom stereocenters. The third-order valence-corrected chi connectivity index (χ3v) is 7.56. The summed E-state index contributed by atoms with van der Waals surface area (Å²) in [5.74, 6) is -19.6. The molecule has 1 aromatic carbocycles. The van der Waals surface area contributed by atoms with E-state index in [2.05, 4.69) is 18.9 Å². The maximum Gasteiger partial charge on any atom is 0.357 e. The number of ether oxygens (including phenoxy) is 9. The van der Waals surface area contributed by atoms with E-state index in [9.17, 15) is 77.3 Å². The van der Waals surface area contributed by atoms with E-state index in [1.807, 2.05) is 0 Å². The van der Waals surface area contributed by atoms with Crippen LogP contribution < -0.4 is 9.47 Å². The molecule has 1 rings (SSSR count). The van der Waals surface area contributed by atoms with Gasteiger partial charge in [-0.1, -0.05) is 0 Å². The molecule has 0 radical (unpaired) electrons. The highest BCUT2D eigenvalue weighted by atomic mass is 16.7. The van der Waals surface area contributed by atoms with Gasteiger partial charge in [-0.05, 0) is 0 Å². The maximum atomic E-state index is 13.9. The van der Waals surface area contributed by atoms with E-state index in [4.69, 9.17) is 23.7 Å². The lowest BCUT2D eigenvalue weighted by atomic mass is 9.87. The lowest BCUT2D eigenvalue weighted by molar-refractivity contribution is -0.192. The second-order valence-electron chi connectivity index (χ2n) is 11.6. The Morgan fingerprint density at radius 1 is 0.550 bits per heavy atom. The van der Waals surface area contributed by atoms with Crippen LogP contribution in [-0.4, -0.2) is 140 Å². The zero-order chi connectivity index (χ0) is 45.9. The van der Waals surface area contributed by atoms with Gasteiger partial charge in [-0.2, -0.15) is 0 Å².